The molecule has 2 nitrogen and oxygen atoms in total. The fraction of sp³-hybridized carbons (Fsp3) is 0.368. The molecule has 0 spiro atoms. The van der Waals surface area contributed by atoms with Crippen molar-refractivity contribution in [1.29, 1.82) is 0 Å². The smallest absolute Gasteiger partial charge is 0.129 e. The first-order chi connectivity index (χ1) is 10.6. The van der Waals surface area contributed by atoms with Crippen LogP contribution in [-0.4, -0.2) is 26.1 Å². The minimum Gasteiger partial charge on any atom is -0.496 e. The first-order valence-corrected chi connectivity index (χ1v) is 7.71. The molecule has 0 N–H and O–H groups in total. The summed E-state index contributed by atoms with van der Waals surface area (Å²) in [6.45, 7) is 0. The molecule has 1 atom stereocenters. The van der Waals surface area contributed by atoms with E-state index in [1.807, 2.05) is 12.1 Å². The van der Waals surface area contributed by atoms with Gasteiger partial charge in [-0.25, -0.2) is 4.39 Å². The Bertz CT molecular complexity index is 662. The van der Waals surface area contributed by atoms with Crippen LogP contribution in [0.25, 0.3) is 11.1 Å². The highest BCUT2D eigenvalue weighted by molar-refractivity contribution is 5.74. The highest BCUT2D eigenvalue weighted by Crippen LogP contribution is 2.47. The summed E-state index contributed by atoms with van der Waals surface area (Å²) >= 11 is 0. The number of nitrogens with zero attached hydrogens (tertiary/aromatic N) is 1. The zero-order valence-electron chi connectivity index (χ0n) is 13.3. The largest absolute Gasteiger partial charge is 0.496 e. The molecule has 1 saturated carbocycles. The van der Waals surface area contributed by atoms with Crippen LogP contribution >= 0.6 is 0 Å². The Morgan fingerprint density at radius 3 is 2.45 bits per heavy atom. The van der Waals surface area contributed by atoms with Crippen LogP contribution in [0.15, 0.2) is 42.5 Å². The SMILES string of the molecule is COc1cc(F)ccc1-c1ccccc1C(C1CC1)N(C)C. The lowest BCUT2D eigenvalue weighted by atomic mass is 9.91. The highest BCUT2D eigenvalue weighted by atomic mass is 19.1. The molecule has 0 saturated heterocycles. The van der Waals surface area contributed by atoms with Gasteiger partial charge in [0.2, 0.25) is 0 Å². The predicted molar refractivity (Wildman–Crippen MR) is 87.5 cm³/mol. The number of hydrogen-bond acceptors (Lipinski definition) is 2. The normalized spacial score (nSPS) is 15.9. The second-order valence-corrected chi connectivity index (χ2v) is 6.18. The van der Waals surface area contributed by atoms with Gasteiger partial charge < -0.3 is 9.64 Å². The van der Waals surface area contributed by atoms with Crippen molar-refractivity contribution in [2.75, 3.05) is 21.2 Å². The Morgan fingerprint density at radius 2 is 1.82 bits per heavy atom. The second-order valence-electron chi connectivity index (χ2n) is 6.18. The van der Waals surface area contributed by atoms with E-state index in [1.165, 1.54) is 30.5 Å². The topological polar surface area (TPSA) is 12.5 Å². The van der Waals surface area contributed by atoms with Crippen molar-refractivity contribution in [3.8, 4) is 16.9 Å². The number of benzene rings is 2. The molecule has 0 heterocycles. The van der Waals surface area contributed by atoms with Crippen LogP contribution in [0.2, 0.25) is 0 Å². The molecule has 0 aromatic heterocycles. The molecular formula is C19H22FNO. The van der Waals surface area contributed by atoms with Crippen molar-refractivity contribution in [1.82, 2.24) is 4.90 Å². The molecule has 1 fully saturated rings. The molecule has 3 rings (SSSR count). The lowest BCUT2D eigenvalue weighted by Gasteiger charge is -2.27. The molecule has 2 aromatic rings. The summed E-state index contributed by atoms with van der Waals surface area (Å²) in [4.78, 5) is 2.28. The Morgan fingerprint density at radius 1 is 1.09 bits per heavy atom. The van der Waals surface area contributed by atoms with Crippen LogP contribution in [0.4, 0.5) is 4.39 Å². The average Bonchev–Trinajstić information content (AvgIpc) is 3.32. The maximum Gasteiger partial charge on any atom is 0.129 e. The number of halogens is 1. The molecule has 2 aromatic carbocycles. The van der Waals surface area contributed by atoms with Crippen molar-refractivity contribution in [2.24, 2.45) is 5.92 Å². The highest BCUT2D eigenvalue weighted by Gasteiger charge is 2.35. The van der Waals surface area contributed by atoms with Gasteiger partial charge in [0.05, 0.1) is 7.11 Å². The van der Waals surface area contributed by atoms with Crippen molar-refractivity contribution in [3.63, 3.8) is 0 Å². The molecule has 0 radical (unpaired) electrons. The van der Waals surface area contributed by atoms with Gasteiger partial charge in [-0.05, 0) is 56.1 Å². The first kappa shape index (κ1) is 15.0. The van der Waals surface area contributed by atoms with Gasteiger partial charge in [-0.2, -0.15) is 0 Å². The van der Waals surface area contributed by atoms with E-state index < -0.39 is 0 Å². The van der Waals surface area contributed by atoms with E-state index in [9.17, 15) is 4.39 Å². The van der Waals surface area contributed by atoms with Crippen LogP contribution in [0.3, 0.4) is 0 Å². The number of methoxy groups -OCH3 is 1. The monoisotopic (exact) mass is 299 g/mol. The van der Waals surface area contributed by atoms with Crippen molar-refractivity contribution in [3.05, 3.63) is 53.8 Å². The van der Waals surface area contributed by atoms with Crippen LogP contribution in [0, 0.1) is 11.7 Å². The molecule has 0 aliphatic heterocycles. The molecule has 1 aliphatic carbocycles. The Labute approximate surface area is 131 Å². The molecule has 116 valence electrons. The summed E-state index contributed by atoms with van der Waals surface area (Å²) in [6.07, 6.45) is 2.55. The molecule has 0 amide bonds. The minimum absolute atomic E-state index is 0.274. The lowest BCUT2D eigenvalue weighted by molar-refractivity contribution is 0.270. The van der Waals surface area contributed by atoms with Crippen LogP contribution in [0.1, 0.15) is 24.4 Å². The van der Waals surface area contributed by atoms with Gasteiger partial charge in [-0.3, -0.25) is 0 Å². The Kier molecular flexibility index (Phi) is 4.16. The summed E-state index contributed by atoms with van der Waals surface area (Å²) in [5.74, 6) is 1.02. The predicted octanol–water partition coefficient (Wildman–Crippen LogP) is 4.51. The van der Waals surface area contributed by atoms with Gasteiger partial charge in [0.15, 0.2) is 0 Å². The maximum atomic E-state index is 13.5. The average molecular weight is 299 g/mol. The third kappa shape index (κ3) is 2.86. The molecule has 1 aliphatic rings. The standard InChI is InChI=1S/C19H22FNO/c1-21(2)19(13-8-9-13)17-7-5-4-6-15(17)16-11-10-14(20)12-18(16)22-3/h4-7,10-13,19H,8-9H2,1-3H3. The summed E-state index contributed by atoms with van der Waals surface area (Å²) < 4.78 is 18.9. The third-order valence-electron chi connectivity index (χ3n) is 4.36. The summed E-state index contributed by atoms with van der Waals surface area (Å²) in [5.41, 5.74) is 3.37. The van der Waals surface area contributed by atoms with Crippen LogP contribution in [0.5, 0.6) is 5.75 Å². The number of hydrogen-bond donors (Lipinski definition) is 0. The summed E-state index contributed by atoms with van der Waals surface area (Å²) in [6, 6.07) is 13.5. The van der Waals surface area contributed by atoms with Gasteiger partial charge >= 0.3 is 0 Å². The zero-order chi connectivity index (χ0) is 15.7. The maximum absolute atomic E-state index is 13.5. The van der Waals surface area contributed by atoms with Gasteiger partial charge in [0.1, 0.15) is 11.6 Å². The van der Waals surface area contributed by atoms with Gasteiger partial charge in [-0.15, -0.1) is 0 Å². The lowest BCUT2D eigenvalue weighted by Crippen LogP contribution is -2.22. The Balaban J connectivity index is 2.12. The van der Waals surface area contributed by atoms with E-state index in [1.54, 1.807) is 7.11 Å². The van der Waals surface area contributed by atoms with Gasteiger partial charge in [0, 0.05) is 17.7 Å². The second kappa shape index (κ2) is 6.09. The fourth-order valence-corrected chi connectivity index (χ4v) is 3.25. The van der Waals surface area contributed by atoms with Crippen molar-refractivity contribution < 1.29 is 9.13 Å². The molecule has 0 bridgehead atoms. The molecule has 3 heteroatoms. The zero-order valence-corrected chi connectivity index (χ0v) is 13.3. The third-order valence-corrected chi connectivity index (χ3v) is 4.36. The van der Waals surface area contributed by atoms with E-state index in [-0.39, 0.29) is 5.82 Å². The molecular weight excluding hydrogens is 277 g/mol. The first-order valence-electron chi connectivity index (χ1n) is 7.71. The van der Waals surface area contributed by atoms with Gasteiger partial charge in [-0.1, -0.05) is 24.3 Å². The number of ether oxygens (including phenoxy) is 1. The van der Waals surface area contributed by atoms with E-state index >= 15 is 0 Å². The fourth-order valence-electron chi connectivity index (χ4n) is 3.25. The van der Waals surface area contributed by atoms with E-state index in [0.717, 1.165) is 11.1 Å². The van der Waals surface area contributed by atoms with Crippen LogP contribution < -0.4 is 4.74 Å². The van der Waals surface area contributed by atoms with Crippen molar-refractivity contribution in [2.45, 2.75) is 18.9 Å². The quantitative estimate of drug-likeness (QED) is 0.805. The minimum atomic E-state index is -0.274. The van der Waals surface area contributed by atoms with Crippen molar-refractivity contribution >= 4 is 0 Å². The number of rotatable bonds is 5. The molecule has 1 unspecified atom stereocenters. The van der Waals surface area contributed by atoms with E-state index in [2.05, 4.69) is 37.2 Å². The summed E-state index contributed by atoms with van der Waals surface area (Å²) in [7, 11) is 5.84. The van der Waals surface area contributed by atoms with Gasteiger partial charge in [0.25, 0.3) is 0 Å². The Hall–Kier alpha value is -1.87. The van der Waals surface area contributed by atoms with E-state index in [4.69, 9.17) is 4.74 Å². The van der Waals surface area contributed by atoms with Crippen LogP contribution in [-0.2, 0) is 0 Å². The molecule has 22 heavy (non-hydrogen) atoms. The summed E-state index contributed by atoms with van der Waals surface area (Å²) in [5, 5.41) is 0. The van der Waals surface area contributed by atoms with E-state index in [0.29, 0.717) is 17.7 Å².